The summed E-state index contributed by atoms with van der Waals surface area (Å²) in [4.78, 5) is 11.9. The summed E-state index contributed by atoms with van der Waals surface area (Å²) in [5.74, 6) is 0.581. The van der Waals surface area contributed by atoms with Crippen molar-refractivity contribution in [2.75, 3.05) is 19.5 Å². The van der Waals surface area contributed by atoms with Gasteiger partial charge in [0.2, 0.25) is 0 Å². The van der Waals surface area contributed by atoms with Gasteiger partial charge in [-0.15, -0.1) is 11.6 Å². The number of carbonyl (C=O) groups is 1. The summed E-state index contributed by atoms with van der Waals surface area (Å²) in [5.41, 5.74) is 0.236. The van der Waals surface area contributed by atoms with Gasteiger partial charge in [-0.25, -0.2) is 0 Å². The summed E-state index contributed by atoms with van der Waals surface area (Å²) in [5, 5.41) is 12.6. The lowest BCUT2D eigenvalue weighted by Gasteiger charge is -2.09. The second-order valence-electron chi connectivity index (χ2n) is 4.22. The van der Waals surface area contributed by atoms with Crippen molar-refractivity contribution < 1.29 is 14.6 Å². The summed E-state index contributed by atoms with van der Waals surface area (Å²) in [6.45, 7) is 0.595. The summed E-state index contributed by atoms with van der Waals surface area (Å²) < 4.78 is 4.96. The first kappa shape index (κ1) is 15.6. The van der Waals surface area contributed by atoms with Crippen LogP contribution in [0.15, 0.2) is 18.2 Å². The van der Waals surface area contributed by atoms with Gasteiger partial charge in [-0.05, 0) is 25.0 Å². The number of methoxy groups -OCH3 is 1. The number of phenolic OH excluding ortho intramolecular Hbond substituents is 1. The van der Waals surface area contributed by atoms with Crippen molar-refractivity contribution in [3.05, 3.63) is 23.8 Å². The second-order valence-corrected chi connectivity index (χ2v) is 4.59. The number of ether oxygens (including phenoxy) is 1. The van der Waals surface area contributed by atoms with Crippen molar-refractivity contribution >= 4 is 17.5 Å². The number of hydrogen-bond donors (Lipinski definition) is 2. The fourth-order valence-corrected chi connectivity index (χ4v) is 1.93. The molecular weight excluding hydrogens is 266 g/mol. The summed E-state index contributed by atoms with van der Waals surface area (Å²) >= 11 is 5.58. The molecule has 0 unspecified atom stereocenters. The number of nitrogens with one attached hydrogen (secondary N) is 1. The molecule has 0 aliphatic carbocycles. The Balaban J connectivity index is 2.41. The Morgan fingerprint density at radius 1 is 1.32 bits per heavy atom. The van der Waals surface area contributed by atoms with Gasteiger partial charge in [-0.1, -0.05) is 18.9 Å². The van der Waals surface area contributed by atoms with E-state index in [9.17, 15) is 9.90 Å². The first-order chi connectivity index (χ1) is 9.20. The molecule has 0 saturated carbocycles. The van der Waals surface area contributed by atoms with Gasteiger partial charge in [0.1, 0.15) is 0 Å². The quantitative estimate of drug-likeness (QED) is 0.570. The van der Waals surface area contributed by atoms with Crippen molar-refractivity contribution in [1.29, 1.82) is 0 Å². The zero-order chi connectivity index (χ0) is 14.1. The van der Waals surface area contributed by atoms with Crippen LogP contribution in [0.3, 0.4) is 0 Å². The zero-order valence-corrected chi connectivity index (χ0v) is 11.9. The van der Waals surface area contributed by atoms with E-state index in [0.717, 1.165) is 25.7 Å². The van der Waals surface area contributed by atoms with Crippen LogP contribution in [0.4, 0.5) is 0 Å². The Morgan fingerprint density at radius 2 is 2.05 bits per heavy atom. The highest BCUT2D eigenvalue weighted by molar-refractivity contribution is 6.17. The minimum Gasteiger partial charge on any atom is -0.504 e. The van der Waals surface area contributed by atoms with Gasteiger partial charge in [0, 0.05) is 12.4 Å². The maximum absolute atomic E-state index is 11.9. The molecule has 4 nitrogen and oxygen atoms in total. The molecule has 19 heavy (non-hydrogen) atoms. The molecule has 0 aromatic heterocycles. The Kier molecular flexibility index (Phi) is 7.11. The average Bonchev–Trinajstić information content (AvgIpc) is 2.42. The molecule has 1 aromatic rings. The summed E-state index contributed by atoms with van der Waals surface area (Å²) in [6.07, 6.45) is 4.03. The highest BCUT2D eigenvalue weighted by atomic mass is 35.5. The molecule has 5 heteroatoms. The molecule has 0 atom stereocenters. The van der Waals surface area contributed by atoms with Gasteiger partial charge in [0.05, 0.1) is 12.7 Å². The van der Waals surface area contributed by atoms with Crippen molar-refractivity contribution in [3.8, 4) is 11.5 Å². The first-order valence-corrected chi connectivity index (χ1v) is 6.94. The topological polar surface area (TPSA) is 58.6 Å². The lowest BCUT2D eigenvalue weighted by atomic mass is 10.1. The molecule has 0 fully saturated rings. The van der Waals surface area contributed by atoms with E-state index in [-0.39, 0.29) is 17.2 Å². The Labute approximate surface area is 118 Å². The normalized spacial score (nSPS) is 10.2. The van der Waals surface area contributed by atoms with Crippen LogP contribution in [0.5, 0.6) is 11.5 Å². The number of hydrogen-bond acceptors (Lipinski definition) is 3. The van der Waals surface area contributed by atoms with Crippen LogP contribution < -0.4 is 10.1 Å². The van der Waals surface area contributed by atoms with E-state index in [1.54, 1.807) is 18.2 Å². The van der Waals surface area contributed by atoms with Crippen molar-refractivity contribution in [3.63, 3.8) is 0 Å². The molecule has 0 aliphatic heterocycles. The van der Waals surface area contributed by atoms with Crippen LogP contribution >= 0.6 is 11.6 Å². The minimum atomic E-state index is -0.284. The van der Waals surface area contributed by atoms with Crippen LogP contribution in [0.25, 0.3) is 0 Å². The van der Waals surface area contributed by atoms with Crippen molar-refractivity contribution in [2.24, 2.45) is 0 Å². The number of aromatic hydroxyl groups is 1. The van der Waals surface area contributed by atoms with Gasteiger partial charge >= 0.3 is 0 Å². The number of carbonyl (C=O) groups excluding carboxylic acids is 1. The number of para-hydroxylation sites is 1. The third kappa shape index (κ3) is 4.99. The maximum Gasteiger partial charge on any atom is 0.255 e. The Hall–Kier alpha value is -1.42. The highest BCUT2D eigenvalue weighted by Crippen LogP contribution is 2.29. The van der Waals surface area contributed by atoms with Gasteiger partial charge < -0.3 is 15.2 Å². The molecule has 1 amide bonds. The highest BCUT2D eigenvalue weighted by Gasteiger charge is 2.13. The molecule has 1 aromatic carbocycles. The zero-order valence-electron chi connectivity index (χ0n) is 11.1. The lowest BCUT2D eigenvalue weighted by molar-refractivity contribution is 0.0949. The Morgan fingerprint density at radius 3 is 2.74 bits per heavy atom. The molecule has 106 valence electrons. The van der Waals surface area contributed by atoms with Gasteiger partial charge in [-0.2, -0.15) is 0 Å². The summed E-state index contributed by atoms with van der Waals surface area (Å²) in [6, 6.07) is 4.85. The fraction of sp³-hybridized carbons (Fsp3) is 0.500. The average molecular weight is 286 g/mol. The van der Waals surface area contributed by atoms with Crippen LogP contribution in [0.2, 0.25) is 0 Å². The smallest absolute Gasteiger partial charge is 0.255 e. The number of rotatable bonds is 8. The standard InChI is InChI=1S/C14H20ClNO3/c1-19-12-8-6-7-11(13(12)17)14(18)16-10-5-3-2-4-9-15/h6-8,17H,2-5,9-10H2,1H3,(H,16,18). The molecule has 0 aliphatic rings. The van der Waals surface area contributed by atoms with E-state index in [4.69, 9.17) is 16.3 Å². The van der Waals surface area contributed by atoms with E-state index in [2.05, 4.69) is 5.32 Å². The predicted molar refractivity (Wildman–Crippen MR) is 76.2 cm³/mol. The van der Waals surface area contributed by atoms with Crippen LogP contribution in [0.1, 0.15) is 36.0 Å². The second kappa shape index (κ2) is 8.64. The molecule has 0 saturated heterocycles. The van der Waals surface area contributed by atoms with Gasteiger partial charge in [0.25, 0.3) is 5.91 Å². The largest absolute Gasteiger partial charge is 0.504 e. The molecule has 1 rings (SSSR count). The van der Waals surface area contributed by atoms with E-state index < -0.39 is 0 Å². The van der Waals surface area contributed by atoms with E-state index in [1.165, 1.54) is 7.11 Å². The van der Waals surface area contributed by atoms with Crippen LogP contribution in [0, 0.1) is 0 Å². The molecule has 0 heterocycles. The molecule has 0 bridgehead atoms. The number of unbranched alkanes of at least 4 members (excludes halogenated alkanes) is 3. The number of benzene rings is 1. The fourth-order valence-electron chi connectivity index (χ4n) is 1.74. The maximum atomic E-state index is 11.9. The predicted octanol–water partition coefficient (Wildman–Crippen LogP) is 2.93. The van der Waals surface area contributed by atoms with Crippen LogP contribution in [-0.4, -0.2) is 30.5 Å². The molecule has 2 N–H and O–H groups in total. The summed E-state index contributed by atoms with van der Waals surface area (Å²) in [7, 11) is 1.45. The van der Waals surface area contributed by atoms with Crippen molar-refractivity contribution in [2.45, 2.75) is 25.7 Å². The Bertz CT molecular complexity index is 410. The molecule has 0 spiro atoms. The van der Waals surface area contributed by atoms with E-state index in [0.29, 0.717) is 18.2 Å². The number of halogens is 1. The SMILES string of the molecule is COc1cccc(C(=O)NCCCCCCCl)c1O. The van der Waals surface area contributed by atoms with E-state index in [1.807, 2.05) is 0 Å². The third-order valence-corrected chi connectivity index (χ3v) is 3.08. The third-order valence-electron chi connectivity index (χ3n) is 2.81. The van der Waals surface area contributed by atoms with Crippen molar-refractivity contribution in [1.82, 2.24) is 5.32 Å². The molecule has 0 radical (unpaired) electrons. The van der Waals surface area contributed by atoms with Gasteiger partial charge in [-0.3, -0.25) is 4.79 Å². The van der Waals surface area contributed by atoms with E-state index >= 15 is 0 Å². The van der Waals surface area contributed by atoms with Crippen LogP contribution in [-0.2, 0) is 0 Å². The lowest BCUT2D eigenvalue weighted by Crippen LogP contribution is -2.24. The minimum absolute atomic E-state index is 0.121. The monoisotopic (exact) mass is 285 g/mol. The van der Waals surface area contributed by atoms with Gasteiger partial charge in [0.15, 0.2) is 11.5 Å². The first-order valence-electron chi connectivity index (χ1n) is 6.40. The molecular formula is C14H20ClNO3. The number of alkyl halides is 1. The number of amides is 1. The number of phenols is 1.